The highest BCUT2D eigenvalue weighted by Gasteiger charge is 2.39. The highest BCUT2D eigenvalue weighted by atomic mass is 16.5. The zero-order valence-corrected chi connectivity index (χ0v) is 17.1. The van der Waals surface area contributed by atoms with Crippen LogP contribution in [-0.2, 0) is 16.0 Å². The molecular weight excluding hydrogens is 368 g/mol. The Hall–Kier alpha value is -3.02. The number of hydrogen-bond acceptors (Lipinski definition) is 4. The zero-order valence-electron chi connectivity index (χ0n) is 17.1. The lowest BCUT2D eigenvalue weighted by atomic mass is 9.96. The molecule has 29 heavy (non-hydrogen) atoms. The Morgan fingerprint density at radius 2 is 1.97 bits per heavy atom. The molecule has 4 rings (SSSR count). The molecule has 0 spiro atoms. The van der Waals surface area contributed by atoms with Gasteiger partial charge in [-0.3, -0.25) is 9.59 Å². The maximum atomic E-state index is 13.4. The Labute approximate surface area is 171 Å². The lowest BCUT2D eigenvalue weighted by Crippen LogP contribution is -2.41. The van der Waals surface area contributed by atoms with Gasteiger partial charge in [0.05, 0.1) is 25.8 Å². The highest BCUT2D eigenvalue weighted by molar-refractivity contribution is 6.05. The lowest BCUT2D eigenvalue weighted by molar-refractivity contribution is -0.124. The molecule has 1 saturated heterocycles. The number of aryl methyl sites for hydroxylation is 2. The van der Waals surface area contributed by atoms with Gasteiger partial charge < -0.3 is 19.3 Å². The van der Waals surface area contributed by atoms with Crippen molar-refractivity contribution in [2.45, 2.75) is 26.2 Å². The minimum atomic E-state index is -0.361. The number of amides is 2. The molecule has 0 aromatic heterocycles. The molecule has 0 radical (unpaired) electrons. The van der Waals surface area contributed by atoms with Gasteiger partial charge in [0, 0.05) is 31.3 Å². The Bertz CT molecular complexity index is 956. The van der Waals surface area contributed by atoms with E-state index in [9.17, 15) is 9.59 Å². The molecular formula is C23H26N2O4. The van der Waals surface area contributed by atoms with Gasteiger partial charge in [-0.1, -0.05) is 18.2 Å². The molecule has 6 nitrogen and oxygen atoms in total. The van der Waals surface area contributed by atoms with Crippen LogP contribution in [0, 0.1) is 12.8 Å². The summed E-state index contributed by atoms with van der Waals surface area (Å²) in [5.41, 5.74) is 4.01. The van der Waals surface area contributed by atoms with E-state index < -0.39 is 0 Å². The lowest BCUT2D eigenvalue weighted by Gasteiger charge is -2.32. The van der Waals surface area contributed by atoms with Gasteiger partial charge in [-0.2, -0.15) is 0 Å². The van der Waals surface area contributed by atoms with E-state index in [-0.39, 0.29) is 24.2 Å². The predicted octanol–water partition coefficient (Wildman–Crippen LogP) is 3.34. The van der Waals surface area contributed by atoms with E-state index in [0.717, 1.165) is 24.1 Å². The van der Waals surface area contributed by atoms with Crippen molar-refractivity contribution in [3.8, 4) is 11.5 Å². The SMILES string of the molecule is COc1ccc(N2CC(C(=O)N3CCCc4cccc(C)c43)CC2=O)c(OC)c1. The van der Waals surface area contributed by atoms with Gasteiger partial charge >= 0.3 is 0 Å². The van der Waals surface area contributed by atoms with E-state index in [1.807, 2.05) is 30.0 Å². The Kier molecular flexibility index (Phi) is 5.18. The minimum absolute atomic E-state index is 0.0311. The molecule has 2 aromatic carbocycles. The van der Waals surface area contributed by atoms with Crippen LogP contribution in [0.25, 0.3) is 0 Å². The Morgan fingerprint density at radius 1 is 1.14 bits per heavy atom. The summed E-state index contributed by atoms with van der Waals surface area (Å²) in [6.45, 7) is 3.10. The number of carbonyl (C=O) groups excluding carboxylic acids is 2. The first-order valence-electron chi connectivity index (χ1n) is 9.95. The molecule has 6 heteroatoms. The largest absolute Gasteiger partial charge is 0.497 e. The first-order chi connectivity index (χ1) is 14.0. The summed E-state index contributed by atoms with van der Waals surface area (Å²) < 4.78 is 10.7. The van der Waals surface area contributed by atoms with E-state index >= 15 is 0 Å². The zero-order chi connectivity index (χ0) is 20.5. The molecule has 0 N–H and O–H groups in total. The number of carbonyl (C=O) groups is 2. The second-order valence-electron chi connectivity index (χ2n) is 7.62. The van der Waals surface area contributed by atoms with Crippen molar-refractivity contribution in [2.24, 2.45) is 5.92 Å². The van der Waals surface area contributed by atoms with Crippen LogP contribution in [0.4, 0.5) is 11.4 Å². The van der Waals surface area contributed by atoms with Gasteiger partial charge in [-0.25, -0.2) is 0 Å². The van der Waals surface area contributed by atoms with Crippen LogP contribution in [0.3, 0.4) is 0 Å². The summed E-state index contributed by atoms with van der Waals surface area (Å²) in [5.74, 6) is 0.826. The molecule has 152 valence electrons. The topological polar surface area (TPSA) is 59.1 Å². The molecule has 1 fully saturated rings. The Balaban J connectivity index is 1.59. The molecule has 1 atom stereocenters. The predicted molar refractivity (Wildman–Crippen MR) is 112 cm³/mol. The molecule has 2 aromatic rings. The smallest absolute Gasteiger partial charge is 0.232 e. The number of hydrogen-bond donors (Lipinski definition) is 0. The average molecular weight is 394 g/mol. The summed E-state index contributed by atoms with van der Waals surface area (Å²) in [7, 11) is 3.15. The number of benzene rings is 2. The third-order valence-electron chi connectivity index (χ3n) is 5.84. The molecule has 2 aliphatic rings. The molecule has 0 bridgehead atoms. The van der Waals surface area contributed by atoms with Crippen molar-refractivity contribution < 1.29 is 19.1 Å². The van der Waals surface area contributed by atoms with Crippen molar-refractivity contribution >= 4 is 23.2 Å². The molecule has 0 saturated carbocycles. The molecule has 0 aliphatic carbocycles. The summed E-state index contributed by atoms with van der Waals surface area (Å²) in [6.07, 6.45) is 2.14. The number of nitrogens with zero attached hydrogens (tertiary/aromatic N) is 2. The fourth-order valence-electron chi connectivity index (χ4n) is 4.40. The van der Waals surface area contributed by atoms with Gasteiger partial charge in [0.25, 0.3) is 0 Å². The maximum absolute atomic E-state index is 13.4. The van der Waals surface area contributed by atoms with Crippen molar-refractivity contribution in [1.29, 1.82) is 0 Å². The monoisotopic (exact) mass is 394 g/mol. The van der Waals surface area contributed by atoms with Gasteiger partial charge in [-0.05, 0) is 43.0 Å². The second kappa shape index (κ2) is 7.78. The minimum Gasteiger partial charge on any atom is -0.497 e. The van der Waals surface area contributed by atoms with Crippen molar-refractivity contribution in [1.82, 2.24) is 0 Å². The van der Waals surface area contributed by atoms with Crippen LogP contribution < -0.4 is 19.3 Å². The number of rotatable bonds is 4. The molecule has 2 aliphatic heterocycles. The van der Waals surface area contributed by atoms with E-state index in [0.29, 0.717) is 30.3 Å². The second-order valence-corrected chi connectivity index (χ2v) is 7.62. The maximum Gasteiger partial charge on any atom is 0.232 e. The first kappa shape index (κ1) is 19.3. The number of methoxy groups -OCH3 is 2. The van der Waals surface area contributed by atoms with Gasteiger partial charge in [-0.15, -0.1) is 0 Å². The van der Waals surface area contributed by atoms with Crippen molar-refractivity contribution in [3.05, 3.63) is 47.5 Å². The van der Waals surface area contributed by atoms with Crippen LogP contribution in [-0.4, -0.2) is 39.1 Å². The number of anilines is 2. The van der Waals surface area contributed by atoms with E-state index in [2.05, 4.69) is 6.07 Å². The average Bonchev–Trinajstić information content (AvgIpc) is 3.13. The normalized spacial score (nSPS) is 18.6. The molecule has 2 amide bonds. The van der Waals surface area contributed by atoms with Crippen LogP contribution in [0.2, 0.25) is 0 Å². The summed E-state index contributed by atoms with van der Waals surface area (Å²) in [4.78, 5) is 29.7. The number of para-hydroxylation sites is 1. The third-order valence-corrected chi connectivity index (χ3v) is 5.84. The van der Waals surface area contributed by atoms with Crippen LogP contribution in [0.15, 0.2) is 36.4 Å². The first-order valence-corrected chi connectivity index (χ1v) is 9.95. The van der Waals surface area contributed by atoms with E-state index in [4.69, 9.17) is 9.47 Å². The van der Waals surface area contributed by atoms with Crippen LogP contribution in [0.1, 0.15) is 24.0 Å². The van der Waals surface area contributed by atoms with Crippen LogP contribution in [0.5, 0.6) is 11.5 Å². The Morgan fingerprint density at radius 3 is 2.72 bits per heavy atom. The summed E-state index contributed by atoms with van der Waals surface area (Å²) >= 11 is 0. The third kappa shape index (κ3) is 3.43. The van der Waals surface area contributed by atoms with E-state index in [1.165, 1.54) is 5.56 Å². The standard InChI is InChI=1S/C23H26N2O4/c1-15-6-4-7-16-8-5-11-24(22(15)16)23(27)17-12-21(26)25(14-17)19-10-9-18(28-2)13-20(19)29-3/h4,6-7,9-10,13,17H,5,8,11-12,14H2,1-3H3. The van der Waals surface area contributed by atoms with Crippen molar-refractivity contribution in [2.75, 3.05) is 37.1 Å². The summed E-state index contributed by atoms with van der Waals surface area (Å²) in [5, 5.41) is 0. The van der Waals surface area contributed by atoms with Gasteiger partial charge in [0.2, 0.25) is 11.8 Å². The quantitative estimate of drug-likeness (QED) is 0.798. The van der Waals surface area contributed by atoms with Crippen molar-refractivity contribution in [3.63, 3.8) is 0 Å². The number of ether oxygens (including phenoxy) is 2. The fourth-order valence-corrected chi connectivity index (χ4v) is 4.40. The summed E-state index contributed by atoms with van der Waals surface area (Å²) in [6, 6.07) is 11.5. The number of fused-ring (bicyclic) bond motifs is 1. The highest BCUT2D eigenvalue weighted by Crippen LogP contribution is 2.38. The van der Waals surface area contributed by atoms with Crippen LogP contribution >= 0.6 is 0 Å². The molecule has 1 unspecified atom stereocenters. The van der Waals surface area contributed by atoms with Gasteiger partial charge in [0.1, 0.15) is 11.5 Å². The van der Waals surface area contributed by atoms with Gasteiger partial charge in [0.15, 0.2) is 0 Å². The fraction of sp³-hybridized carbons (Fsp3) is 0.391. The van der Waals surface area contributed by atoms with E-state index in [1.54, 1.807) is 31.3 Å². The molecule has 2 heterocycles.